The van der Waals surface area contributed by atoms with E-state index in [-0.39, 0.29) is 18.7 Å². The van der Waals surface area contributed by atoms with Crippen molar-refractivity contribution in [3.05, 3.63) is 65.7 Å². The molecule has 2 rings (SSSR count). The van der Waals surface area contributed by atoms with Crippen LogP contribution in [0, 0.1) is 6.92 Å². The number of carbonyl (C=O) groups excluding carboxylic acids is 1. The summed E-state index contributed by atoms with van der Waals surface area (Å²) in [7, 11) is 0. The maximum atomic E-state index is 12.0. The van der Waals surface area contributed by atoms with Gasteiger partial charge in [0.05, 0.1) is 19.2 Å². The minimum absolute atomic E-state index is 0.160. The van der Waals surface area contributed by atoms with Crippen molar-refractivity contribution in [2.45, 2.75) is 26.0 Å². The van der Waals surface area contributed by atoms with Crippen LogP contribution in [-0.4, -0.2) is 30.4 Å². The van der Waals surface area contributed by atoms with Crippen molar-refractivity contribution in [2.75, 3.05) is 13.2 Å². The van der Waals surface area contributed by atoms with Crippen LogP contribution in [0.4, 0.5) is 4.79 Å². The minimum atomic E-state index is -0.432. The molecule has 0 saturated carbocycles. The first-order valence-electron chi connectivity index (χ1n) is 8.02. The Balaban J connectivity index is 1.81. The summed E-state index contributed by atoms with van der Waals surface area (Å²) in [4.78, 5) is 12.0. The summed E-state index contributed by atoms with van der Waals surface area (Å²) >= 11 is 0. The van der Waals surface area contributed by atoms with Gasteiger partial charge in [-0.15, -0.1) is 0 Å². The average Bonchev–Trinajstić information content (AvgIpc) is 2.60. The third kappa shape index (κ3) is 5.28. The number of carbonyl (C=O) groups is 1. The van der Waals surface area contributed by atoms with Gasteiger partial charge in [0.15, 0.2) is 0 Å². The summed E-state index contributed by atoms with van der Waals surface area (Å²) in [5.41, 5.74) is 1.91. The molecule has 0 heterocycles. The van der Waals surface area contributed by atoms with Gasteiger partial charge in [0, 0.05) is 0 Å². The van der Waals surface area contributed by atoms with Crippen molar-refractivity contribution >= 4 is 6.03 Å². The average molecular weight is 328 g/mol. The lowest BCUT2D eigenvalue weighted by atomic mass is 10.1. The van der Waals surface area contributed by atoms with Crippen LogP contribution in [0.3, 0.4) is 0 Å². The van der Waals surface area contributed by atoms with Crippen LogP contribution in [0.2, 0.25) is 0 Å². The van der Waals surface area contributed by atoms with Crippen molar-refractivity contribution in [1.82, 2.24) is 10.6 Å². The number of urea groups is 1. The van der Waals surface area contributed by atoms with Crippen molar-refractivity contribution in [1.29, 1.82) is 0 Å². The minimum Gasteiger partial charge on any atom is -0.489 e. The van der Waals surface area contributed by atoms with E-state index in [1.807, 2.05) is 68.4 Å². The summed E-state index contributed by atoms with van der Waals surface area (Å²) in [5, 5.41) is 15.0. The molecule has 2 amide bonds. The Morgan fingerprint density at radius 2 is 1.79 bits per heavy atom. The molecule has 2 aromatic rings. The molecule has 128 valence electrons. The summed E-state index contributed by atoms with van der Waals surface area (Å²) in [6.07, 6.45) is -0.166. The predicted molar refractivity (Wildman–Crippen MR) is 94.1 cm³/mol. The van der Waals surface area contributed by atoms with Crippen LogP contribution < -0.4 is 15.4 Å². The highest BCUT2D eigenvalue weighted by atomic mass is 16.5. The van der Waals surface area contributed by atoms with Crippen molar-refractivity contribution in [3.63, 3.8) is 0 Å². The molecule has 0 spiro atoms. The Bertz CT molecular complexity index is 646. The highest BCUT2D eigenvalue weighted by Crippen LogP contribution is 2.17. The summed E-state index contributed by atoms with van der Waals surface area (Å²) in [6, 6.07) is 16.4. The molecule has 0 aromatic heterocycles. The molecule has 24 heavy (non-hydrogen) atoms. The fraction of sp³-hybridized carbons (Fsp3) is 0.316. The van der Waals surface area contributed by atoms with Gasteiger partial charge in [-0.2, -0.15) is 0 Å². The van der Waals surface area contributed by atoms with Gasteiger partial charge < -0.3 is 20.5 Å². The van der Waals surface area contributed by atoms with E-state index in [1.165, 1.54) is 0 Å². The fourth-order valence-electron chi connectivity index (χ4n) is 2.31. The molecule has 0 aliphatic heterocycles. The number of ether oxygens (including phenoxy) is 1. The number of hydrogen-bond acceptors (Lipinski definition) is 3. The predicted octanol–water partition coefficient (Wildman–Crippen LogP) is 2.80. The van der Waals surface area contributed by atoms with Crippen molar-refractivity contribution in [3.8, 4) is 5.75 Å². The van der Waals surface area contributed by atoms with Crippen LogP contribution >= 0.6 is 0 Å². The second kappa shape index (κ2) is 8.93. The van der Waals surface area contributed by atoms with Gasteiger partial charge in [-0.05, 0) is 31.0 Å². The van der Waals surface area contributed by atoms with E-state index in [1.54, 1.807) is 0 Å². The first-order valence-corrected chi connectivity index (χ1v) is 8.02. The first-order chi connectivity index (χ1) is 11.6. The second-order valence-electron chi connectivity index (χ2n) is 5.69. The monoisotopic (exact) mass is 328 g/mol. The molecule has 2 unspecified atom stereocenters. The maximum absolute atomic E-state index is 12.0. The van der Waals surface area contributed by atoms with Gasteiger partial charge in [0.1, 0.15) is 11.9 Å². The lowest BCUT2D eigenvalue weighted by Crippen LogP contribution is -2.42. The smallest absolute Gasteiger partial charge is 0.315 e. The molecule has 0 aliphatic rings. The first kappa shape index (κ1) is 17.8. The summed E-state index contributed by atoms with van der Waals surface area (Å²) in [6.45, 7) is 4.08. The lowest BCUT2D eigenvalue weighted by Gasteiger charge is -2.20. The van der Waals surface area contributed by atoms with Crippen molar-refractivity contribution in [2.24, 2.45) is 0 Å². The van der Waals surface area contributed by atoms with E-state index in [4.69, 9.17) is 4.74 Å². The molecule has 5 heteroatoms. The molecule has 0 radical (unpaired) electrons. The molecular weight excluding hydrogens is 304 g/mol. The number of aryl methyl sites for hydroxylation is 1. The molecule has 2 aromatic carbocycles. The third-order valence-corrected chi connectivity index (χ3v) is 3.66. The number of amides is 2. The SMILES string of the molecule is Cc1ccccc1OC(C)CNC(=O)NC(CO)c1ccccc1. The van der Waals surface area contributed by atoms with Crippen LogP contribution in [0.25, 0.3) is 0 Å². The normalized spacial score (nSPS) is 13.0. The zero-order valence-electron chi connectivity index (χ0n) is 14.0. The fourth-order valence-corrected chi connectivity index (χ4v) is 2.31. The van der Waals surface area contributed by atoms with E-state index in [2.05, 4.69) is 10.6 Å². The Morgan fingerprint density at radius 1 is 1.12 bits per heavy atom. The van der Waals surface area contributed by atoms with E-state index in [9.17, 15) is 9.90 Å². The van der Waals surface area contributed by atoms with Gasteiger partial charge in [0.2, 0.25) is 0 Å². The Kier molecular flexibility index (Phi) is 6.63. The molecule has 2 atom stereocenters. The highest BCUT2D eigenvalue weighted by molar-refractivity contribution is 5.74. The van der Waals surface area contributed by atoms with Crippen LogP contribution in [0.5, 0.6) is 5.75 Å². The van der Waals surface area contributed by atoms with E-state index >= 15 is 0 Å². The maximum Gasteiger partial charge on any atom is 0.315 e. The number of nitrogens with one attached hydrogen (secondary N) is 2. The molecule has 0 bridgehead atoms. The number of rotatable bonds is 7. The molecule has 3 N–H and O–H groups in total. The number of para-hydroxylation sites is 1. The zero-order valence-corrected chi connectivity index (χ0v) is 14.0. The van der Waals surface area contributed by atoms with E-state index < -0.39 is 6.04 Å². The van der Waals surface area contributed by atoms with Gasteiger partial charge in [-0.25, -0.2) is 4.79 Å². The topological polar surface area (TPSA) is 70.6 Å². The Morgan fingerprint density at radius 3 is 2.46 bits per heavy atom. The number of hydrogen-bond donors (Lipinski definition) is 3. The number of aliphatic hydroxyl groups excluding tert-OH is 1. The van der Waals surface area contributed by atoms with Crippen LogP contribution in [0.1, 0.15) is 24.1 Å². The Hall–Kier alpha value is -2.53. The molecule has 5 nitrogen and oxygen atoms in total. The molecule has 0 aliphatic carbocycles. The quantitative estimate of drug-likeness (QED) is 0.732. The number of aliphatic hydroxyl groups is 1. The zero-order chi connectivity index (χ0) is 17.4. The number of benzene rings is 2. The second-order valence-corrected chi connectivity index (χ2v) is 5.69. The molecule has 0 fully saturated rings. The lowest BCUT2D eigenvalue weighted by molar-refractivity contribution is 0.198. The molecular formula is C19H24N2O3. The van der Waals surface area contributed by atoms with Crippen molar-refractivity contribution < 1.29 is 14.6 Å². The van der Waals surface area contributed by atoms with E-state index in [0.717, 1.165) is 16.9 Å². The largest absolute Gasteiger partial charge is 0.489 e. The summed E-state index contributed by atoms with van der Waals surface area (Å²) in [5.74, 6) is 0.810. The molecule has 0 saturated heterocycles. The van der Waals surface area contributed by atoms with Gasteiger partial charge in [-0.3, -0.25) is 0 Å². The van der Waals surface area contributed by atoms with Crippen LogP contribution in [0.15, 0.2) is 54.6 Å². The Labute approximate surface area is 142 Å². The highest BCUT2D eigenvalue weighted by Gasteiger charge is 2.14. The third-order valence-electron chi connectivity index (χ3n) is 3.66. The standard InChI is InChI=1S/C19H24N2O3/c1-14-8-6-7-11-18(14)24-15(2)12-20-19(23)21-17(13-22)16-9-4-3-5-10-16/h3-11,15,17,22H,12-13H2,1-2H3,(H2,20,21,23). The van der Waals surface area contributed by atoms with E-state index in [0.29, 0.717) is 6.54 Å². The van der Waals surface area contributed by atoms with Gasteiger partial charge in [0.25, 0.3) is 0 Å². The van der Waals surface area contributed by atoms with Crippen LogP contribution in [-0.2, 0) is 0 Å². The van der Waals surface area contributed by atoms with Gasteiger partial charge >= 0.3 is 6.03 Å². The van der Waals surface area contributed by atoms with Gasteiger partial charge in [-0.1, -0.05) is 48.5 Å². The summed E-state index contributed by atoms with van der Waals surface area (Å²) < 4.78 is 5.82.